The number of aromatic nitrogens is 5. The fraction of sp³-hybridized carbons (Fsp3) is 0.133. The summed E-state index contributed by atoms with van der Waals surface area (Å²) in [4.78, 5) is 12.2. The number of hydrogen-bond donors (Lipinski definition) is 0. The van der Waals surface area contributed by atoms with Gasteiger partial charge in [-0.05, 0) is 18.2 Å². The summed E-state index contributed by atoms with van der Waals surface area (Å²) in [6.07, 6.45) is -1.62. The lowest BCUT2D eigenvalue weighted by molar-refractivity contribution is -0.141. The van der Waals surface area contributed by atoms with Gasteiger partial charge in [-0.2, -0.15) is 13.2 Å². The van der Waals surface area contributed by atoms with Crippen molar-refractivity contribution >= 4 is 28.3 Å². The second-order valence-electron chi connectivity index (χ2n) is 5.23. The number of imidazole rings is 2. The average molecular weight is 352 g/mol. The van der Waals surface area contributed by atoms with Gasteiger partial charge in [-0.3, -0.25) is 4.40 Å². The van der Waals surface area contributed by atoms with E-state index in [-0.39, 0.29) is 5.52 Å². The Balaban J connectivity index is 1.96. The molecule has 122 valence electrons. The molecule has 0 fully saturated rings. The van der Waals surface area contributed by atoms with Gasteiger partial charge >= 0.3 is 6.18 Å². The molecule has 0 N–H and O–H groups in total. The van der Waals surface area contributed by atoms with E-state index >= 15 is 0 Å². The van der Waals surface area contributed by atoms with Gasteiger partial charge in [0.15, 0.2) is 5.82 Å². The van der Waals surface area contributed by atoms with Crippen LogP contribution < -0.4 is 0 Å². The number of halogens is 4. The Labute approximate surface area is 138 Å². The van der Waals surface area contributed by atoms with E-state index in [1.54, 1.807) is 34.3 Å². The molecule has 0 aliphatic heterocycles. The Kier molecular flexibility index (Phi) is 3.08. The largest absolute Gasteiger partial charge is 0.433 e. The maximum Gasteiger partial charge on any atom is 0.433 e. The second kappa shape index (κ2) is 4.94. The lowest BCUT2D eigenvalue weighted by Gasteiger charge is -2.04. The first-order valence-corrected chi connectivity index (χ1v) is 7.26. The van der Waals surface area contributed by atoms with Crippen LogP contribution >= 0.6 is 11.6 Å². The summed E-state index contributed by atoms with van der Waals surface area (Å²) in [5.74, 6) is 0.375. The molecule has 0 radical (unpaired) electrons. The van der Waals surface area contributed by atoms with Crippen molar-refractivity contribution in [1.82, 2.24) is 23.9 Å². The maximum atomic E-state index is 12.8. The third kappa shape index (κ3) is 2.14. The molecule has 0 aliphatic carbocycles. The molecule has 0 amide bonds. The lowest BCUT2D eigenvalue weighted by atomic mass is 10.3. The van der Waals surface area contributed by atoms with E-state index < -0.39 is 11.9 Å². The smallest absolute Gasteiger partial charge is 0.324 e. The third-order valence-corrected chi connectivity index (χ3v) is 4.10. The van der Waals surface area contributed by atoms with Crippen molar-refractivity contribution in [2.45, 2.75) is 6.18 Å². The zero-order valence-electron chi connectivity index (χ0n) is 12.2. The molecule has 0 aliphatic rings. The van der Waals surface area contributed by atoms with Gasteiger partial charge in [-0.25, -0.2) is 15.0 Å². The molecule has 0 spiro atoms. The van der Waals surface area contributed by atoms with Gasteiger partial charge in [0.1, 0.15) is 22.2 Å². The fourth-order valence-electron chi connectivity index (χ4n) is 2.56. The predicted octanol–water partition coefficient (Wildman–Crippen LogP) is 3.96. The van der Waals surface area contributed by atoms with Crippen molar-refractivity contribution in [3.05, 3.63) is 47.5 Å². The first-order valence-electron chi connectivity index (χ1n) is 6.89. The molecule has 4 aromatic rings. The molecule has 9 heteroatoms. The van der Waals surface area contributed by atoms with Gasteiger partial charge in [-0.15, -0.1) is 0 Å². The number of pyridine rings is 2. The summed E-state index contributed by atoms with van der Waals surface area (Å²) in [5, 5.41) is 0.341. The van der Waals surface area contributed by atoms with Crippen LogP contribution in [0.4, 0.5) is 13.2 Å². The van der Waals surface area contributed by atoms with Gasteiger partial charge in [0.05, 0.1) is 17.2 Å². The minimum atomic E-state index is -4.52. The summed E-state index contributed by atoms with van der Waals surface area (Å²) >= 11 is 6.35. The molecular formula is C15H9ClF3N5. The highest BCUT2D eigenvalue weighted by Crippen LogP contribution is 2.32. The van der Waals surface area contributed by atoms with Crippen LogP contribution in [-0.2, 0) is 13.2 Å². The standard InChI is InChI=1S/C15H9ClF3N5/c1-23-9-7-20-10(15(17,18)19)6-8(9)21-14(23)12-13(16)24-5-3-2-4-11(24)22-12/h2-7H,1H3. The molecule has 0 atom stereocenters. The number of aryl methyl sites for hydroxylation is 1. The normalized spacial score (nSPS) is 12.4. The molecule has 4 rings (SSSR count). The third-order valence-electron chi connectivity index (χ3n) is 3.74. The van der Waals surface area contributed by atoms with Crippen LogP contribution in [0.1, 0.15) is 5.69 Å². The topological polar surface area (TPSA) is 48.0 Å². The molecule has 0 saturated carbocycles. The molecule has 0 bridgehead atoms. The van der Waals surface area contributed by atoms with E-state index in [4.69, 9.17) is 11.6 Å². The monoisotopic (exact) mass is 351 g/mol. The van der Waals surface area contributed by atoms with Crippen LogP contribution in [0, 0.1) is 0 Å². The van der Waals surface area contributed by atoms with Crippen molar-refractivity contribution < 1.29 is 13.2 Å². The summed E-state index contributed by atoms with van der Waals surface area (Å²) in [6, 6.07) is 6.32. The van der Waals surface area contributed by atoms with E-state index in [1.807, 2.05) is 6.07 Å². The lowest BCUT2D eigenvalue weighted by Crippen LogP contribution is -2.07. The zero-order chi connectivity index (χ0) is 17.1. The molecule has 0 saturated heterocycles. The minimum Gasteiger partial charge on any atom is -0.324 e. The van der Waals surface area contributed by atoms with Crippen LogP contribution in [0.5, 0.6) is 0 Å². The van der Waals surface area contributed by atoms with E-state index in [9.17, 15) is 13.2 Å². The van der Waals surface area contributed by atoms with Crippen LogP contribution in [0.25, 0.3) is 28.2 Å². The fourth-order valence-corrected chi connectivity index (χ4v) is 2.83. The number of rotatable bonds is 1. The number of hydrogen-bond acceptors (Lipinski definition) is 3. The highest BCUT2D eigenvalue weighted by Gasteiger charge is 2.33. The van der Waals surface area contributed by atoms with Gasteiger partial charge in [0, 0.05) is 13.2 Å². The molecule has 0 unspecified atom stereocenters. The van der Waals surface area contributed by atoms with Gasteiger partial charge in [0.25, 0.3) is 0 Å². The summed E-state index contributed by atoms with van der Waals surface area (Å²) < 4.78 is 41.7. The summed E-state index contributed by atoms with van der Waals surface area (Å²) in [6.45, 7) is 0. The number of fused-ring (bicyclic) bond motifs is 2. The number of alkyl halides is 3. The Hall–Kier alpha value is -2.61. The Morgan fingerprint density at radius 3 is 2.67 bits per heavy atom. The van der Waals surface area contributed by atoms with Gasteiger partial charge < -0.3 is 4.57 Å². The Morgan fingerprint density at radius 1 is 1.17 bits per heavy atom. The van der Waals surface area contributed by atoms with Crippen molar-refractivity contribution in [2.24, 2.45) is 7.05 Å². The zero-order valence-corrected chi connectivity index (χ0v) is 13.0. The molecule has 24 heavy (non-hydrogen) atoms. The summed E-state index contributed by atoms with van der Waals surface area (Å²) in [5.41, 5.74) is 0.684. The van der Waals surface area contributed by atoms with Crippen molar-refractivity contribution in [3.8, 4) is 11.5 Å². The SMILES string of the molecule is Cn1c(-c2nc3ccccn3c2Cl)nc2cc(C(F)(F)F)ncc21. The van der Waals surface area contributed by atoms with Crippen molar-refractivity contribution in [2.75, 3.05) is 0 Å². The van der Waals surface area contributed by atoms with Gasteiger partial charge in [0.2, 0.25) is 0 Å². The highest BCUT2D eigenvalue weighted by molar-refractivity contribution is 6.32. The van der Waals surface area contributed by atoms with Crippen LogP contribution in [0.15, 0.2) is 36.7 Å². The van der Waals surface area contributed by atoms with Crippen molar-refractivity contribution in [3.63, 3.8) is 0 Å². The first kappa shape index (κ1) is 14.9. The molecule has 4 heterocycles. The molecule has 5 nitrogen and oxygen atoms in total. The molecule has 4 aromatic heterocycles. The Bertz CT molecular complexity index is 1080. The van der Waals surface area contributed by atoms with Crippen LogP contribution in [0.3, 0.4) is 0 Å². The first-order chi connectivity index (χ1) is 11.4. The quantitative estimate of drug-likeness (QED) is 0.521. The van der Waals surface area contributed by atoms with E-state index in [1.165, 1.54) is 0 Å². The van der Waals surface area contributed by atoms with E-state index in [0.717, 1.165) is 12.3 Å². The second-order valence-corrected chi connectivity index (χ2v) is 5.59. The average Bonchev–Trinajstić information content (AvgIpc) is 3.04. The van der Waals surface area contributed by atoms with Crippen LogP contribution in [-0.4, -0.2) is 23.9 Å². The van der Waals surface area contributed by atoms with Crippen LogP contribution in [0.2, 0.25) is 5.15 Å². The maximum absolute atomic E-state index is 12.8. The van der Waals surface area contributed by atoms with Gasteiger partial charge in [-0.1, -0.05) is 17.7 Å². The van der Waals surface area contributed by atoms with E-state index in [2.05, 4.69) is 15.0 Å². The summed E-state index contributed by atoms with van der Waals surface area (Å²) in [7, 11) is 1.68. The minimum absolute atomic E-state index is 0.183. The van der Waals surface area contributed by atoms with Crippen molar-refractivity contribution in [1.29, 1.82) is 0 Å². The predicted molar refractivity (Wildman–Crippen MR) is 82.7 cm³/mol. The highest BCUT2D eigenvalue weighted by atomic mass is 35.5. The molecule has 0 aromatic carbocycles. The Morgan fingerprint density at radius 2 is 1.96 bits per heavy atom. The molecular weight excluding hydrogens is 343 g/mol. The number of nitrogens with zero attached hydrogens (tertiary/aromatic N) is 5. The van der Waals surface area contributed by atoms with E-state index in [0.29, 0.717) is 27.8 Å².